The van der Waals surface area contributed by atoms with Gasteiger partial charge in [-0.3, -0.25) is 0 Å². The van der Waals surface area contributed by atoms with E-state index in [1.807, 2.05) is 31.2 Å². The van der Waals surface area contributed by atoms with Crippen LogP contribution in [0.25, 0.3) is 0 Å². The molecule has 2 heterocycles. The quantitative estimate of drug-likeness (QED) is 0.750. The SMILES string of the molecule is COc1cc(OC)c([C@@H]2c3cc4c(cc3OC(C)(OC)[C@H]2C)OCO4)c(OC)c1. The van der Waals surface area contributed by atoms with Crippen LogP contribution in [0, 0.1) is 5.92 Å². The fourth-order valence-electron chi connectivity index (χ4n) is 4.13. The van der Waals surface area contributed by atoms with Gasteiger partial charge in [0.05, 0.1) is 21.3 Å². The van der Waals surface area contributed by atoms with Crippen LogP contribution >= 0.6 is 0 Å². The molecule has 1 unspecified atom stereocenters. The third kappa shape index (κ3) is 3.00. The summed E-state index contributed by atoms with van der Waals surface area (Å²) >= 11 is 0. The Morgan fingerprint density at radius 2 is 1.48 bits per heavy atom. The average molecular weight is 402 g/mol. The van der Waals surface area contributed by atoms with Gasteiger partial charge < -0.3 is 33.2 Å². The highest BCUT2D eigenvalue weighted by atomic mass is 16.7. The smallest absolute Gasteiger partial charge is 0.231 e. The summed E-state index contributed by atoms with van der Waals surface area (Å²) in [6.45, 7) is 4.21. The molecular weight excluding hydrogens is 376 g/mol. The maximum atomic E-state index is 6.29. The third-order valence-electron chi connectivity index (χ3n) is 5.95. The van der Waals surface area contributed by atoms with Crippen LogP contribution in [0.5, 0.6) is 34.5 Å². The Balaban J connectivity index is 1.98. The Morgan fingerprint density at radius 1 is 0.862 bits per heavy atom. The van der Waals surface area contributed by atoms with Gasteiger partial charge in [0, 0.05) is 55.2 Å². The molecule has 0 bridgehead atoms. The second-order valence-corrected chi connectivity index (χ2v) is 7.28. The molecular formula is C22H26O7. The van der Waals surface area contributed by atoms with Crippen molar-refractivity contribution in [2.75, 3.05) is 35.2 Å². The molecule has 156 valence electrons. The van der Waals surface area contributed by atoms with Crippen molar-refractivity contribution in [3.63, 3.8) is 0 Å². The van der Waals surface area contributed by atoms with Crippen molar-refractivity contribution in [2.45, 2.75) is 25.6 Å². The molecule has 0 fully saturated rings. The van der Waals surface area contributed by atoms with Crippen LogP contribution in [-0.4, -0.2) is 41.0 Å². The van der Waals surface area contributed by atoms with Crippen molar-refractivity contribution >= 4 is 0 Å². The number of methoxy groups -OCH3 is 4. The van der Waals surface area contributed by atoms with E-state index in [0.29, 0.717) is 34.5 Å². The Hall–Kier alpha value is -2.80. The molecule has 2 aromatic carbocycles. The van der Waals surface area contributed by atoms with Crippen molar-refractivity contribution in [1.82, 2.24) is 0 Å². The van der Waals surface area contributed by atoms with E-state index in [1.165, 1.54) is 0 Å². The highest BCUT2D eigenvalue weighted by molar-refractivity contribution is 5.61. The van der Waals surface area contributed by atoms with E-state index < -0.39 is 5.79 Å². The zero-order valence-electron chi connectivity index (χ0n) is 17.5. The zero-order chi connectivity index (χ0) is 20.8. The molecule has 0 radical (unpaired) electrons. The first-order valence-electron chi connectivity index (χ1n) is 9.43. The second kappa shape index (κ2) is 7.22. The topological polar surface area (TPSA) is 64.6 Å². The number of ether oxygens (including phenoxy) is 7. The lowest BCUT2D eigenvalue weighted by molar-refractivity contribution is -0.194. The van der Waals surface area contributed by atoms with Crippen molar-refractivity contribution in [2.24, 2.45) is 5.92 Å². The van der Waals surface area contributed by atoms with Gasteiger partial charge in [-0.25, -0.2) is 0 Å². The summed E-state index contributed by atoms with van der Waals surface area (Å²) in [5.74, 6) is 2.95. The number of rotatable bonds is 5. The van der Waals surface area contributed by atoms with Gasteiger partial charge in [0.2, 0.25) is 12.6 Å². The van der Waals surface area contributed by atoms with Crippen molar-refractivity contribution < 1.29 is 33.2 Å². The summed E-state index contributed by atoms with van der Waals surface area (Å²) in [7, 11) is 6.53. The van der Waals surface area contributed by atoms with Crippen molar-refractivity contribution in [3.8, 4) is 34.5 Å². The van der Waals surface area contributed by atoms with Crippen LogP contribution < -0.4 is 28.4 Å². The van der Waals surface area contributed by atoms with Gasteiger partial charge in [-0.1, -0.05) is 6.92 Å². The number of hydrogen-bond donors (Lipinski definition) is 0. The highest BCUT2D eigenvalue weighted by Crippen LogP contribution is 2.55. The van der Waals surface area contributed by atoms with Gasteiger partial charge in [0.15, 0.2) is 11.5 Å². The minimum Gasteiger partial charge on any atom is -0.496 e. The Labute approximate surface area is 170 Å². The lowest BCUT2D eigenvalue weighted by Gasteiger charge is -2.44. The molecule has 0 aliphatic carbocycles. The van der Waals surface area contributed by atoms with Crippen LogP contribution in [0.4, 0.5) is 0 Å². The van der Waals surface area contributed by atoms with E-state index in [4.69, 9.17) is 33.2 Å². The zero-order valence-corrected chi connectivity index (χ0v) is 17.5. The number of hydrogen-bond acceptors (Lipinski definition) is 7. The Kier molecular flexibility index (Phi) is 4.86. The van der Waals surface area contributed by atoms with Crippen molar-refractivity contribution in [3.05, 3.63) is 35.4 Å². The summed E-state index contributed by atoms with van der Waals surface area (Å²) in [4.78, 5) is 0. The van der Waals surface area contributed by atoms with Gasteiger partial charge >= 0.3 is 0 Å². The molecule has 0 aromatic heterocycles. The van der Waals surface area contributed by atoms with Crippen LogP contribution in [0.1, 0.15) is 30.9 Å². The predicted molar refractivity (Wildman–Crippen MR) is 106 cm³/mol. The molecule has 0 spiro atoms. The minimum atomic E-state index is -0.860. The van der Waals surface area contributed by atoms with Crippen LogP contribution in [0.15, 0.2) is 24.3 Å². The Morgan fingerprint density at radius 3 is 2.03 bits per heavy atom. The fourth-order valence-corrected chi connectivity index (χ4v) is 4.13. The summed E-state index contributed by atoms with van der Waals surface area (Å²) in [6.07, 6.45) is 0. The highest BCUT2D eigenvalue weighted by Gasteiger charge is 2.48. The van der Waals surface area contributed by atoms with E-state index in [0.717, 1.165) is 11.1 Å². The van der Waals surface area contributed by atoms with Crippen LogP contribution in [-0.2, 0) is 4.74 Å². The molecule has 2 aromatic rings. The van der Waals surface area contributed by atoms with E-state index in [1.54, 1.807) is 28.4 Å². The maximum absolute atomic E-state index is 6.29. The standard InChI is InChI=1S/C22H26O7/c1-12-20(21-18(24-4)7-13(23-3)8-19(21)25-5)14-9-16-17(28-11-27-16)10-15(14)29-22(12,2)26-6/h7-10,12,20H,11H2,1-6H3/t12-,20-,22?/m0/s1. The van der Waals surface area contributed by atoms with E-state index in [9.17, 15) is 0 Å². The number of benzene rings is 2. The first-order chi connectivity index (χ1) is 14.0. The average Bonchev–Trinajstić information content (AvgIpc) is 3.20. The van der Waals surface area contributed by atoms with Gasteiger partial charge in [-0.15, -0.1) is 0 Å². The van der Waals surface area contributed by atoms with E-state index in [-0.39, 0.29) is 18.6 Å². The minimum absolute atomic E-state index is 0.0726. The monoisotopic (exact) mass is 402 g/mol. The predicted octanol–water partition coefficient (Wildman–Crippen LogP) is 3.96. The molecule has 3 atom stereocenters. The second-order valence-electron chi connectivity index (χ2n) is 7.28. The van der Waals surface area contributed by atoms with Crippen molar-refractivity contribution in [1.29, 1.82) is 0 Å². The van der Waals surface area contributed by atoms with E-state index >= 15 is 0 Å². The number of fused-ring (bicyclic) bond motifs is 2. The first kappa shape index (κ1) is 19.5. The normalized spacial score (nSPS) is 24.5. The molecule has 0 saturated carbocycles. The van der Waals surface area contributed by atoms with Gasteiger partial charge in [-0.05, 0) is 6.07 Å². The summed E-state index contributed by atoms with van der Waals surface area (Å²) in [5, 5.41) is 0. The molecule has 7 heteroatoms. The molecule has 0 N–H and O–H groups in total. The summed E-state index contributed by atoms with van der Waals surface area (Å²) < 4.78 is 40.2. The lowest BCUT2D eigenvalue weighted by Crippen LogP contribution is -2.47. The van der Waals surface area contributed by atoms with Gasteiger partial charge in [-0.2, -0.15) is 0 Å². The third-order valence-corrected chi connectivity index (χ3v) is 5.95. The maximum Gasteiger partial charge on any atom is 0.231 e. The largest absolute Gasteiger partial charge is 0.496 e. The Bertz CT molecular complexity index is 901. The molecule has 0 amide bonds. The molecule has 2 aliphatic rings. The molecule has 2 aliphatic heterocycles. The summed E-state index contributed by atoms with van der Waals surface area (Å²) in [5.41, 5.74) is 1.85. The summed E-state index contributed by atoms with van der Waals surface area (Å²) in [6, 6.07) is 7.54. The molecule has 7 nitrogen and oxygen atoms in total. The van der Waals surface area contributed by atoms with Gasteiger partial charge in [0.1, 0.15) is 23.0 Å². The lowest BCUT2D eigenvalue weighted by atomic mass is 9.74. The van der Waals surface area contributed by atoms with E-state index in [2.05, 4.69) is 6.92 Å². The molecule has 29 heavy (non-hydrogen) atoms. The van der Waals surface area contributed by atoms with Crippen LogP contribution in [0.2, 0.25) is 0 Å². The molecule has 4 rings (SSSR count). The fraction of sp³-hybridized carbons (Fsp3) is 0.455. The van der Waals surface area contributed by atoms with Crippen LogP contribution in [0.3, 0.4) is 0 Å². The molecule has 0 saturated heterocycles. The first-order valence-corrected chi connectivity index (χ1v) is 9.43. The van der Waals surface area contributed by atoms with Gasteiger partial charge in [0.25, 0.3) is 0 Å².